The summed E-state index contributed by atoms with van der Waals surface area (Å²) in [5.74, 6) is 0.120. The van der Waals surface area contributed by atoms with Crippen molar-refractivity contribution in [2.75, 3.05) is 0 Å². The number of carbonyl (C=O) groups excluding carboxylic acids is 1. The van der Waals surface area contributed by atoms with Gasteiger partial charge in [0.05, 0.1) is 0 Å². The molecule has 0 fully saturated rings. The molecule has 0 aromatic heterocycles. The number of hydrogen-bond donors (Lipinski definition) is 1. The van der Waals surface area contributed by atoms with Crippen LogP contribution in [-0.4, -0.2) is 17.0 Å². The van der Waals surface area contributed by atoms with Crippen molar-refractivity contribution in [3.8, 4) is 0 Å². The van der Waals surface area contributed by atoms with E-state index in [1.54, 1.807) is 0 Å². The maximum absolute atomic E-state index is 11.8. The minimum absolute atomic E-state index is 0.0313. The van der Waals surface area contributed by atoms with Gasteiger partial charge in [0.1, 0.15) is 6.10 Å². The second-order valence-corrected chi connectivity index (χ2v) is 4.61. The van der Waals surface area contributed by atoms with Crippen molar-refractivity contribution < 1.29 is 9.90 Å². The van der Waals surface area contributed by atoms with Gasteiger partial charge >= 0.3 is 0 Å². The Bertz CT molecular complexity index is 241. The summed E-state index contributed by atoms with van der Waals surface area (Å²) in [7, 11) is 0. The molecule has 0 aromatic carbocycles. The SMILES string of the molecule is CC1=CC[C@@H](C(=O)[C@@H](O)C(C)C)CC1. The highest BCUT2D eigenvalue weighted by Crippen LogP contribution is 2.25. The Hall–Kier alpha value is -0.630. The van der Waals surface area contributed by atoms with Crippen LogP contribution in [0.15, 0.2) is 11.6 Å². The summed E-state index contributed by atoms with van der Waals surface area (Å²) in [6.45, 7) is 5.86. The fourth-order valence-corrected chi connectivity index (χ4v) is 1.79. The Morgan fingerprint density at radius 3 is 2.64 bits per heavy atom. The van der Waals surface area contributed by atoms with E-state index in [9.17, 15) is 9.90 Å². The van der Waals surface area contributed by atoms with Gasteiger partial charge in [0.15, 0.2) is 5.78 Å². The molecule has 0 saturated heterocycles. The number of Topliss-reactive ketones (excluding diaryl/α,β-unsaturated/α-hetero) is 1. The van der Waals surface area contributed by atoms with E-state index in [-0.39, 0.29) is 17.6 Å². The fraction of sp³-hybridized carbons (Fsp3) is 0.750. The molecule has 0 amide bonds. The van der Waals surface area contributed by atoms with Crippen molar-refractivity contribution in [3.63, 3.8) is 0 Å². The topological polar surface area (TPSA) is 37.3 Å². The minimum atomic E-state index is -0.771. The van der Waals surface area contributed by atoms with E-state index in [2.05, 4.69) is 13.0 Å². The van der Waals surface area contributed by atoms with Crippen molar-refractivity contribution in [1.82, 2.24) is 0 Å². The summed E-state index contributed by atoms with van der Waals surface area (Å²) in [4.78, 5) is 11.8. The maximum atomic E-state index is 11.8. The molecule has 1 aliphatic carbocycles. The van der Waals surface area contributed by atoms with Gasteiger partial charge in [-0.05, 0) is 32.1 Å². The van der Waals surface area contributed by atoms with Gasteiger partial charge in [0, 0.05) is 5.92 Å². The predicted octanol–water partition coefficient (Wildman–Crippen LogP) is 2.32. The van der Waals surface area contributed by atoms with Crippen LogP contribution in [0.25, 0.3) is 0 Å². The summed E-state index contributed by atoms with van der Waals surface area (Å²) < 4.78 is 0. The predicted molar refractivity (Wildman–Crippen MR) is 56.9 cm³/mol. The zero-order valence-corrected chi connectivity index (χ0v) is 9.29. The number of carbonyl (C=O) groups is 1. The monoisotopic (exact) mass is 196 g/mol. The molecule has 0 radical (unpaired) electrons. The Morgan fingerprint density at radius 1 is 1.57 bits per heavy atom. The van der Waals surface area contributed by atoms with E-state index in [1.807, 2.05) is 13.8 Å². The van der Waals surface area contributed by atoms with Crippen LogP contribution in [0.2, 0.25) is 0 Å². The quantitative estimate of drug-likeness (QED) is 0.703. The smallest absolute Gasteiger partial charge is 0.164 e. The molecule has 2 nitrogen and oxygen atoms in total. The van der Waals surface area contributed by atoms with E-state index in [0.717, 1.165) is 19.3 Å². The van der Waals surface area contributed by atoms with Crippen LogP contribution >= 0.6 is 0 Å². The summed E-state index contributed by atoms with van der Waals surface area (Å²) in [5.41, 5.74) is 1.37. The Kier molecular flexibility index (Phi) is 3.87. The van der Waals surface area contributed by atoms with Gasteiger partial charge in [-0.1, -0.05) is 25.5 Å². The highest BCUT2D eigenvalue weighted by Gasteiger charge is 2.27. The standard InChI is InChI=1S/C12H20O2/c1-8(2)11(13)12(14)10-6-4-9(3)5-7-10/h4,8,10-11,13H,5-7H2,1-3H3/t10-,11+/m1/s1. The highest BCUT2D eigenvalue weighted by atomic mass is 16.3. The maximum Gasteiger partial charge on any atom is 0.164 e. The number of allylic oxidation sites excluding steroid dienone is 2. The van der Waals surface area contributed by atoms with Crippen LogP contribution in [0.5, 0.6) is 0 Å². The van der Waals surface area contributed by atoms with Crippen molar-refractivity contribution in [3.05, 3.63) is 11.6 Å². The Labute approximate surface area is 86.0 Å². The first-order chi connectivity index (χ1) is 6.52. The van der Waals surface area contributed by atoms with Crippen LogP contribution in [-0.2, 0) is 4.79 Å². The summed E-state index contributed by atoms with van der Waals surface area (Å²) in [5, 5.41) is 9.64. The largest absolute Gasteiger partial charge is 0.385 e. The summed E-state index contributed by atoms with van der Waals surface area (Å²) in [6, 6.07) is 0. The summed E-state index contributed by atoms with van der Waals surface area (Å²) in [6.07, 6.45) is 4.08. The molecule has 0 unspecified atom stereocenters. The Balaban J connectivity index is 2.54. The third-order valence-electron chi connectivity index (χ3n) is 2.96. The van der Waals surface area contributed by atoms with Gasteiger partial charge in [-0.2, -0.15) is 0 Å². The molecule has 0 saturated carbocycles. The third-order valence-corrected chi connectivity index (χ3v) is 2.96. The number of aliphatic hydroxyl groups is 1. The second kappa shape index (κ2) is 4.74. The molecule has 0 heterocycles. The van der Waals surface area contributed by atoms with Crippen LogP contribution in [0.1, 0.15) is 40.0 Å². The molecular weight excluding hydrogens is 176 g/mol. The molecule has 0 bridgehead atoms. The van der Waals surface area contributed by atoms with Crippen LogP contribution < -0.4 is 0 Å². The third kappa shape index (κ3) is 2.68. The van der Waals surface area contributed by atoms with Gasteiger partial charge in [-0.15, -0.1) is 0 Å². The van der Waals surface area contributed by atoms with E-state index in [4.69, 9.17) is 0 Å². The Morgan fingerprint density at radius 2 is 2.21 bits per heavy atom. The molecule has 1 aliphatic rings. The fourth-order valence-electron chi connectivity index (χ4n) is 1.79. The molecule has 14 heavy (non-hydrogen) atoms. The van der Waals surface area contributed by atoms with Crippen molar-refractivity contribution in [1.29, 1.82) is 0 Å². The van der Waals surface area contributed by atoms with Gasteiger partial charge in [-0.25, -0.2) is 0 Å². The molecule has 2 atom stereocenters. The lowest BCUT2D eigenvalue weighted by atomic mass is 9.83. The normalized spacial score (nSPS) is 24.6. The molecule has 1 N–H and O–H groups in total. The molecule has 0 aliphatic heterocycles. The molecular formula is C12H20O2. The number of ketones is 1. The first-order valence-corrected chi connectivity index (χ1v) is 5.39. The lowest BCUT2D eigenvalue weighted by Gasteiger charge is -2.23. The van der Waals surface area contributed by atoms with Crippen molar-refractivity contribution in [2.24, 2.45) is 11.8 Å². The van der Waals surface area contributed by atoms with Crippen LogP contribution in [0.4, 0.5) is 0 Å². The van der Waals surface area contributed by atoms with Gasteiger partial charge < -0.3 is 5.11 Å². The lowest BCUT2D eigenvalue weighted by Crippen LogP contribution is -2.32. The minimum Gasteiger partial charge on any atom is -0.385 e. The number of aliphatic hydroxyl groups excluding tert-OH is 1. The highest BCUT2D eigenvalue weighted by molar-refractivity contribution is 5.85. The van der Waals surface area contributed by atoms with E-state index < -0.39 is 6.10 Å². The zero-order valence-electron chi connectivity index (χ0n) is 9.29. The van der Waals surface area contributed by atoms with E-state index in [0.29, 0.717) is 0 Å². The van der Waals surface area contributed by atoms with Crippen LogP contribution in [0.3, 0.4) is 0 Å². The molecule has 80 valence electrons. The average Bonchev–Trinajstić information content (AvgIpc) is 2.16. The van der Waals surface area contributed by atoms with Gasteiger partial charge in [0.25, 0.3) is 0 Å². The van der Waals surface area contributed by atoms with Crippen molar-refractivity contribution >= 4 is 5.78 Å². The van der Waals surface area contributed by atoms with Gasteiger partial charge in [0.2, 0.25) is 0 Å². The lowest BCUT2D eigenvalue weighted by molar-refractivity contribution is -0.133. The van der Waals surface area contributed by atoms with Crippen LogP contribution in [0, 0.1) is 11.8 Å². The zero-order chi connectivity index (χ0) is 10.7. The number of rotatable bonds is 3. The first kappa shape index (κ1) is 11.4. The molecule has 0 aromatic rings. The van der Waals surface area contributed by atoms with E-state index in [1.165, 1.54) is 5.57 Å². The number of hydrogen-bond acceptors (Lipinski definition) is 2. The summed E-state index contributed by atoms with van der Waals surface area (Å²) >= 11 is 0. The first-order valence-electron chi connectivity index (χ1n) is 5.39. The van der Waals surface area contributed by atoms with Crippen molar-refractivity contribution in [2.45, 2.75) is 46.1 Å². The molecule has 2 heteroatoms. The average molecular weight is 196 g/mol. The molecule has 1 rings (SSSR count). The van der Waals surface area contributed by atoms with E-state index >= 15 is 0 Å². The van der Waals surface area contributed by atoms with Gasteiger partial charge in [-0.3, -0.25) is 4.79 Å². The molecule has 0 spiro atoms. The second-order valence-electron chi connectivity index (χ2n) is 4.61.